The van der Waals surface area contributed by atoms with Gasteiger partial charge >= 0.3 is 5.97 Å². The first kappa shape index (κ1) is 16.1. The van der Waals surface area contributed by atoms with E-state index in [-0.39, 0.29) is 11.4 Å². The summed E-state index contributed by atoms with van der Waals surface area (Å²) in [7, 11) is 1.39. The Labute approximate surface area is 116 Å². The van der Waals surface area contributed by atoms with E-state index in [9.17, 15) is 4.79 Å². The lowest BCUT2D eigenvalue weighted by molar-refractivity contribution is -0.141. The van der Waals surface area contributed by atoms with Crippen LogP contribution in [0.1, 0.15) is 27.2 Å². The Hall–Kier alpha value is -0.940. The van der Waals surface area contributed by atoms with E-state index in [1.165, 1.54) is 7.11 Å². The molecule has 1 atom stereocenters. The molecule has 0 aliphatic carbocycles. The van der Waals surface area contributed by atoms with Crippen LogP contribution in [0.3, 0.4) is 0 Å². The molecule has 5 heteroatoms. The van der Waals surface area contributed by atoms with Gasteiger partial charge in [0.25, 0.3) is 0 Å². The Balaban J connectivity index is 2.49. The summed E-state index contributed by atoms with van der Waals surface area (Å²) < 4.78 is 10.1. The second-order valence-corrected chi connectivity index (χ2v) is 5.71. The summed E-state index contributed by atoms with van der Waals surface area (Å²) in [6.07, 6.45) is 2.95. The van der Waals surface area contributed by atoms with E-state index >= 15 is 0 Å². The molecule has 0 N–H and O–H groups in total. The van der Waals surface area contributed by atoms with Crippen molar-refractivity contribution in [1.82, 2.24) is 4.90 Å². The van der Waals surface area contributed by atoms with Gasteiger partial charge in [-0.15, -0.1) is 0 Å². The molecule has 1 unspecified atom stereocenters. The van der Waals surface area contributed by atoms with Gasteiger partial charge < -0.3 is 14.4 Å². The fraction of sp³-hybridized carbons (Fsp3) is 0.857. The summed E-state index contributed by atoms with van der Waals surface area (Å²) in [4.78, 5) is 18.0. The molecule has 0 radical (unpaired) electrons. The summed E-state index contributed by atoms with van der Waals surface area (Å²) in [5.41, 5.74) is -0.0629. The van der Waals surface area contributed by atoms with Crippen molar-refractivity contribution in [3.63, 3.8) is 0 Å². The predicted molar refractivity (Wildman–Crippen MR) is 75.6 cm³/mol. The van der Waals surface area contributed by atoms with E-state index in [1.54, 1.807) is 6.92 Å². The maximum absolute atomic E-state index is 11.3. The van der Waals surface area contributed by atoms with E-state index in [2.05, 4.69) is 28.5 Å². The van der Waals surface area contributed by atoms with Gasteiger partial charge in [0.1, 0.15) is 6.04 Å². The highest BCUT2D eigenvalue weighted by Gasteiger charge is 2.21. The standard InChI is InChI=1S/C14H26N2O3/c1-12(13(17)18-4)15-10-14(2,3)11-16-6-5-8-19-9-7-16/h10,12H,5-9,11H2,1-4H3. The number of hydrogen-bond acceptors (Lipinski definition) is 5. The molecule has 1 saturated heterocycles. The molecule has 0 saturated carbocycles. The van der Waals surface area contributed by atoms with Crippen molar-refractivity contribution in [1.29, 1.82) is 0 Å². The van der Waals surface area contributed by atoms with Gasteiger partial charge in [0.05, 0.1) is 13.7 Å². The van der Waals surface area contributed by atoms with Crippen molar-refractivity contribution in [2.45, 2.75) is 33.2 Å². The van der Waals surface area contributed by atoms with Crippen LogP contribution in [0.25, 0.3) is 0 Å². The van der Waals surface area contributed by atoms with Crippen molar-refractivity contribution in [2.75, 3.05) is 40.0 Å². The predicted octanol–water partition coefficient (Wildman–Crippen LogP) is 1.37. The molecule has 0 aromatic heterocycles. The number of carbonyl (C=O) groups is 1. The lowest BCUT2D eigenvalue weighted by Crippen LogP contribution is -2.37. The van der Waals surface area contributed by atoms with Gasteiger partial charge in [0.2, 0.25) is 0 Å². The van der Waals surface area contributed by atoms with Crippen LogP contribution in [0, 0.1) is 5.41 Å². The fourth-order valence-electron chi connectivity index (χ4n) is 2.12. The lowest BCUT2D eigenvalue weighted by Gasteiger charge is -2.28. The molecule has 1 fully saturated rings. The van der Waals surface area contributed by atoms with E-state index in [4.69, 9.17) is 4.74 Å². The van der Waals surface area contributed by atoms with E-state index in [1.807, 2.05) is 6.21 Å². The molecule has 0 bridgehead atoms. The van der Waals surface area contributed by atoms with Crippen LogP contribution in [0.15, 0.2) is 4.99 Å². The zero-order valence-corrected chi connectivity index (χ0v) is 12.5. The fourth-order valence-corrected chi connectivity index (χ4v) is 2.12. The molecular formula is C14H26N2O3. The van der Waals surface area contributed by atoms with Crippen LogP contribution in [0.4, 0.5) is 0 Å². The van der Waals surface area contributed by atoms with Crippen LogP contribution in [0.2, 0.25) is 0 Å². The second-order valence-electron chi connectivity index (χ2n) is 5.71. The Morgan fingerprint density at radius 2 is 2.21 bits per heavy atom. The van der Waals surface area contributed by atoms with Crippen molar-refractivity contribution in [2.24, 2.45) is 10.4 Å². The molecule has 1 heterocycles. The molecule has 0 spiro atoms. The third-order valence-corrected chi connectivity index (χ3v) is 3.14. The van der Waals surface area contributed by atoms with Gasteiger partial charge in [-0.3, -0.25) is 4.99 Å². The number of rotatable bonds is 5. The van der Waals surface area contributed by atoms with Crippen LogP contribution in [-0.2, 0) is 14.3 Å². The summed E-state index contributed by atoms with van der Waals surface area (Å²) in [5, 5.41) is 0. The van der Waals surface area contributed by atoms with Crippen LogP contribution in [0.5, 0.6) is 0 Å². The average Bonchev–Trinajstić information content (AvgIpc) is 2.63. The number of esters is 1. The van der Waals surface area contributed by atoms with E-state index in [0.717, 1.165) is 39.3 Å². The Morgan fingerprint density at radius 1 is 1.47 bits per heavy atom. The van der Waals surface area contributed by atoms with Crippen LogP contribution in [-0.4, -0.2) is 63.1 Å². The molecule has 0 aromatic rings. The summed E-state index contributed by atoms with van der Waals surface area (Å²) >= 11 is 0. The zero-order chi connectivity index (χ0) is 14.3. The average molecular weight is 270 g/mol. The number of hydrogen-bond donors (Lipinski definition) is 0. The van der Waals surface area contributed by atoms with Gasteiger partial charge in [-0.25, -0.2) is 4.79 Å². The second kappa shape index (κ2) is 7.60. The molecule has 1 rings (SSSR count). The van der Waals surface area contributed by atoms with Gasteiger partial charge in [-0.2, -0.15) is 0 Å². The Bertz CT molecular complexity index is 308. The molecule has 0 aromatic carbocycles. The minimum atomic E-state index is -0.434. The molecule has 110 valence electrons. The number of nitrogens with zero attached hydrogens (tertiary/aromatic N) is 2. The normalized spacial score (nSPS) is 20.2. The molecule has 0 amide bonds. The monoisotopic (exact) mass is 270 g/mol. The minimum Gasteiger partial charge on any atom is -0.467 e. The first-order valence-electron chi connectivity index (χ1n) is 6.87. The molecule has 1 aliphatic rings. The topological polar surface area (TPSA) is 51.1 Å². The summed E-state index contributed by atoms with van der Waals surface area (Å²) in [6.45, 7) is 10.6. The van der Waals surface area contributed by atoms with Crippen molar-refractivity contribution < 1.29 is 14.3 Å². The van der Waals surface area contributed by atoms with Crippen LogP contribution >= 0.6 is 0 Å². The Kier molecular flexibility index (Phi) is 6.45. The summed E-state index contributed by atoms with van der Waals surface area (Å²) in [6, 6.07) is -0.434. The minimum absolute atomic E-state index is 0.0629. The van der Waals surface area contributed by atoms with Gasteiger partial charge in [0.15, 0.2) is 0 Å². The smallest absolute Gasteiger partial charge is 0.330 e. The maximum Gasteiger partial charge on any atom is 0.330 e. The van der Waals surface area contributed by atoms with E-state index < -0.39 is 6.04 Å². The quantitative estimate of drug-likeness (QED) is 0.559. The lowest BCUT2D eigenvalue weighted by atomic mass is 9.94. The Morgan fingerprint density at radius 3 is 2.89 bits per heavy atom. The first-order chi connectivity index (χ1) is 8.94. The van der Waals surface area contributed by atoms with Crippen molar-refractivity contribution >= 4 is 12.2 Å². The zero-order valence-electron chi connectivity index (χ0n) is 12.5. The molecule has 1 aliphatic heterocycles. The highest BCUT2D eigenvalue weighted by atomic mass is 16.5. The summed E-state index contributed by atoms with van der Waals surface area (Å²) in [5.74, 6) is -0.296. The first-order valence-corrected chi connectivity index (χ1v) is 6.87. The maximum atomic E-state index is 11.3. The highest BCUT2D eigenvalue weighted by Crippen LogP contribution is 2.16. The number of aliphatic imine (C=N–C) groups is 1. The molecular weight excluding hydrogens is 244 g/mol. The van der Waals surface area contributed by atoms with E-state index in [0.29, 0.717) is 0 Å². The van der Waals surface area contributed by atoms with Crippen LogP contribution < -0.4 is 0 Å². The number of methoxy groups -OCH3 is 1. The highest BCUT2D eigenvalue weighted by molar-refractivity contribution is 5.78. The SMILES string of the molecule is COC(=O)C(C)N=CC(C)(C)CN1CCCOCC1. The number of ether oxygens (including phenoxy) is 2. The van der Waals surface area contributed by atoms with Crippen molar-refractivity contribution in [3.8, 4) is 0 Å². The third-order valence-electron chi connectivity index (χ3n) is 3.14. The third kappa shape index (κ3) is 6.16. The molecule has 19 heavy (non-hydrogen) atoms. The molecule has 5 nitrogen and oxygen atoms in total. The van der Waals surface area contributed by atoms with Crippen molar-refractivity contribution in [3.05, 3.63) is 0 Å². The van der Waals surface area contributed by atoms with Gasteiger partial charge in [-0.05, 0) is 13.3 Å². The largest absolute Gasteiger partial charge is 0.467 e. The van der Waals surface area contributed by atoms with Gasteiger partial charge in [-0.1, -0.05) is 13.8 Å². The number of carbonyl (C=O) groups excluding carboxylic acids is 1. The van der Waals surface area contributed by atoms with Gasteiger partial charge in [0, 0.05) is 37.9 Å².